The summed E-state index contributed by atoms with van der Waals surface area (Å²) in [5, 5.41) is 31.3. The van der Waals surface area contributed by atoms with Crippen LogP contribution in [0.2, 0.25) is 0 Å². The maximum atomic E-state index is 10.2. The molecule has 3 aromatic carbocycles. The molecule has 0 fully saturated rings. The van der Waals surface area contributed by atoms with E-state index in [0.717, 1.165) is 43.0 Å². The van der Waals surface area contributed by atoms with Gasteiger partial charge in [0.2, 0.25) is 0 Å². The third-order valence-electron chi connectivity index (χ3n) is 5.64. The molecule has 1 aromatic heterocycles. The number of halogens is 2. The van der Waals surface area contributed by atoms with Crippen LogP contribution in [-0.4, -0.2) is 20.3 Å². The number of aromatic nitrogens is 1. The Hall–Kier alpha value is -2.70. The summed E-state index contributed by atoms with van der Waals surface area (Å²) in [6.07, 6.45) is 4.98. The van der Waals surface area contributed by atoms with E-state index in [1.54, 1.807) is 0 Å². The van der Waals surface area contributed by atoms with Crippen LogP contribution in [0.5, 0.6) is 17.2 Å². The van der Waals surface area contributed by atoms with Gasteiger partial charge in [-0.2, -0.15) is 0 Å². The Morgan fingerprint density at radius 1 is 0.867 bits per heavy atom. The lowest BCUT2D eigenvalue weighted by Gasteiger charge is -2.21. The summed E-state index contributed by atoms with van der Waals surface area (Å²) >= 11 is 7.06. The molecule has 0 radical (unpaired) electrons. The Balaban J connectivity index is 1.76. The van der Waals surface area contributed by atoms with Crippen molar-refractivity contribution < 1.29 is 15.3 Å². The highest BCUT2D eigenvalue weighted by atomic mass is 79.9. The van der Waals surface area contributed by atoms with Gasteiger partial charge in [-0.1, -0.05) is 50.1 Å². The average Bonchev–Trinajstić information content (AvgIpc) is 3.30. The Labute approximate surface area is 189 Å². The number of nitrogens with one attached hydrogen (secondary N) is 1. The number of aromatic amines is 1. The van der Waals surface area contributed by atoms with Gasteiger partial charge < -0.3 is 20.3 Å². The molecule has 1 unspecified atom stereocenters. The van der Waals surface area contributed by atoms with E-state index in [1.807, 2.05) is 24.4 Å². The number of phenolic OH excluding ortho intramolecular Hbond substituents is 3. The molecule has 0 aliphatic heterocycles. The van der Waals surface area contributed by atoms with Crippen LogP contribution in [0.15, 0.2) is 69.7 Å². The molecule has 0 bridgehead atoms. The first-order valence-corrected chi connectivity index (χ1v) is 11.0. The van der Waals surface area contributed by atoms with Gasteiger partial charge in [-0.05, 0) is 70.6 Å². The van der Waals surface area contributed by atoms with E-state index >= 15 is 0 Å². The van der Waals surface area contributed by atoms with Crippen molar-refractivity contribution in [2.24, 2.45) is 0 Å². The zero-order valence-electron chi connectivity index (χ0n) is 15.7. The van der Waals surface area contributed by atoms with Crippen LogP contribution in [0.4, 0.5) is 0 Å². The maximum Gasteiger partial charge on any atom is 0.200 e. The molecule has 4 nitrogen and oxygen atoms in total. The van der Waals surface area contributed by atoms with Gasteiger partial charge in [0.15, 0.2) is 17.2 Å². The van der Waals surface area contributed by atoms with Crippen LogP contribution in [0.3, 0.4) is 0 Å². The molecule has 0 spiro atoms. The second-order valence-corrected chi connectivity index (χ2v) is 9.27. The maximum absolute atomic E-state index is 10.2. The first-order chi connectivity index (χ1) is 14.4. The van der Waals surface area contributed by atoms with Crippen LogP contribution in [-0.2, 0) is 6.42 Å². The lowest BCUT2D eigenvalue weighted by Crippen LogP contribution is -2.03. The highest BCUT2D eigenvalue weighted by Crippen LogP contribution is 2.48. The van der Waals surface area contributed by atoms with Gasteiger partial charge in [0.05, 0.1) is 0 Å². The molecule has 4 N–H and O–H groups in total. The molecule has 0 saturated carbocycles. The van der Waals surface area contributed by atoms with Gasteiger partial charge in [-0.15, -0.1) is 0 Å². The van der Waals surface area contributed by atoms with E-state index in [9.17, 15) is 15.3 Å². The van der Waals surface area contributed by atoms with E-state index in [1.165, 1.54) is 17.7 Å². The van der Waals surface area contributed by atoms with Crippen LogP contribution in [0.1, 0.15) is 28.2 Å². The molecule has 1 atom stereocenters. The van der Waals surface area contributed by atoms with Crippen molar-refractivity contribution in [3.05, 3.63) is 92.0 Å². The molecule has 1 aliphatic rings. The zero-order valence-corrected chi connectivity index (χ0v) is 18.8. The van der Waals surface area contributed by atoms with E-state index < -0.39 is 5.75 Å². The van der Waals surface area contributed by atoms with Crippen LogP contribution < -0.4 is 0 Å². The quantitative estimate of drug-likeness (QED) is 0.228. The summed E-state index contributed by atoms with van der Waals surface area (Å²) in [4.78, 5) is 3.34. The normalized spacial score (nSPS) is 14.0. The van der Waals surface area contributed by atoms with Gasteiger partial charge in [0.25, 0.3) is 0 Å². The minimum absolute atomic E-state index is 0.236. The molecule has 6 heteroatoms. The third-order valence-corrected chi connectivity index (χ3v) is 6.63. The van der Waals surface area contributed by atoms with Crippen molar-refractivity contribution >= 4 is 48.3 Å². The Morgan fingerprint density at radius 3 is 2.33 bits per heavy atom. The fraction of sp³-hybridized carbons (Fsp3) is 0.0833. The van der Waals surface area contributed by atoms with Crippen molar-refractivity contribution in [3.8, 4) is 17.2 Å². The predicted octanol–water partition coefficient (Wildman–Crippen LogP) is 6.58. The Bertz CT molecular complexity index is 1320. The Morgan fingerprint density at radius 2 is 1.57 bits per heavy atom. The van der Waals surface area contributed by atoms with E-state index in [0.29, 0.717) is 5.56 Å². The largest absolute Gasteiger partial charge is 0.504 e. The number of aromatic hydroxyl groups is 3. The molecule has 30 heavy (non-hydrogen) atoms. The van der Waals surface area contributed by atoms with Crippen molar-refractivity contribution in [1.82, 2.24) is 4.98 Å². The minimum atomic E-state index is -0.509. The van der Waals surface area contributed by atoms with Crippen LogP contribution >= 0.6 is 31.9 Å². The van der Waals surface area contributed by atoms with E-state index in [-0.39, 0.29) is 17.4 Å². The first-order valence-electron chi connectivity index (χ1n) is 9.42. The van der Waals surface area contributed by atoms with Gasteiger partial charge in [-0.3, -0.25) is 0 Å². The highest BCUT2D eigenvalue weighted by molar-refractivity contribution is 9.10. The lowest BCUT2D eigenvalue weighted by atomic mass is 9.82. The number of rotatable bonds is 3. The van der Waals surface area contributed by atoms with Crippen molar-refractivity contribution in [2.45, 2.75) is 12.3 Å². The molecular weight excluding hydrogens is 510 g/mol. The molecule has 4 aromatic rings. The lowest BCUT2D eigenvalue weighted by molar-refractivity contribution is 0.367. The monoisotopic (exact) mass is 525 g/mol. The number of benzene rings is 3. The minimum Gasteiger partial charge on any atom is -0.504 e. The van der Waals surface area contributed by atoms with Gasteiger partial charge in [0.1, 0.15) is 0 Å². The summed E-state index contributed by atoms with van der Waals surface area (Å²) in [6.45, 7) is 0. The molecule has 1 aliphatic carbocycles. The number of fused-ring (bicyclic) bond motifs is 2. The zero-order chi connectivity index (χ0) is 21.0. The highest BCUT2D eigenvalue weighted by Gasteiger charge is 2.29. The number of H-pyrrole nitrogens is 1. The number of hydrogen-bond acceptors (Lipinski definition) is 3. The fourth-order valence-corrected chi connectivity index (χ4v) is 5.06. The standard InChI is InChI=1S/C24H17Br2NO3/c25-14-2-5-16-12(7-14)1-4-18(16)23(13-8-21(28)24(30)22(29)9-13)19-11-27-20-10-15(26)3-6-17(19)20/h2-11,23,27-30H,1H2. The number of hydrogen-bond donors (Lipinski definition) is 4. The second kappa shape index (κ2) is 7.22. The van der Waals surface area contributed by atoms with Crippen molar-refractivity contribution in [2.75, 3.05) is 0 Å². The summed E-state index contributed by atoms with van der Waals surface area (Å²) in [6, 6.07) is 15.4. The second-order valence-electron chi connectivity index (χ2n) is 7.44. The van der Waals surface area contributed by atoms with E-state index in [4.69, 9.17) is 0 Å². The smallest absolute Gasteiger partial charge is 0.200 e. The third kappa shape index (κ3) is 3.11. The van der Waals surface area contributed by atoms with Crippen molar-refractivity contribution in [3.63, 3.8) is 0 Å². The van der Waals surface area contributed by atoms with Gasteiger partial charge in [0, 0.05) is 32.0 Å². The summed E-state index contributed by atoms with van der Waals surface area (Å²) in [7, 11) is 0. The summed E-state index contributed by atoms with van der Waals surface area (Å²) in [5.74, 6) is -1.43. The molecule has 1 heterocycles. The van der Waals surface area contributed by atoms with Crippen molar-refractivity contribution in [1.29, 1.82) is 0 Å². The van der Waals surface area contributed by atoms with Crippen LogP contribution in [0.25, 0.3) is 16.5 Å². The molecular formula is C24H17Br2NO3. The number of phenols is 3. The van der Waals surface area contributed by atoms with Gasteiger partial charge in [-0.25, -0.2) is 0 Å². The van der Waals surface area contributed by atoms with Crippen LogP contribution in [0, 0.1) is 0 Å². The SMILES string of the molecule is Oc1cc(C(C2=CCc3cc(Br)ccc32)c2c[nH]c3cc(Br)ccc23)cc(O)c1O. The van der Waals surface area contributed by atoms with E-state index in [2.05, 4.69) is 61.1 Å². The average molecular weight is 527 g/mol. The summed E-state index contributed by atoms with van der Waals surface area (Å²) < 4.78 is 2.01. The Kier molecular flexibility index (Phi) is 4.64. The molecule has 5 rings (SSSR count). The molecule has 0 saturated heterocycles. The fourth-order valence-electron chi connectivity index (χ4n) is 4.29. The number of allylic oxidation sites excluding steroid dienone is 2. The topological polar surface area (TPSA) is 76.5 Å². The molecule has 150 valence electrons. The predicted molar refractivity (Wildman–Crippen MR) is 125 cm³/mol. The summed E-state index contributed by atoms with van der Waals surface area (Å²) in [5.41, 5.74) is 6.19. The molecule has 0 amide bonds. The first kappa shape index (κ1) is 19.3. The van der Waals surface area contributed by atoms with Gasteiger partial charge >= 0.3 is 0 Å².